The van der Waals surface area contributed by atoms with E-state index in [0.29, 0.717) is 11.5 Å². The van der Waals surface area contributed by atoms with Crippen LogP contribution in [0.1, 0.15) is 28.4 Å². The van der Waals surface area contributed by atoms with Crippen LogP contribution in [0.3, 0.4) is 0 Å². The van der Waals surface area contributed by atoms with Crippen LogP contribution in [0.25, 0.3) is 0 Å². The van der Waals surface area contributed by atoms with Gasteiger partial charge in [0.25, 0.3) is 0 Å². The molecule has 0 fully saturated rings. The summed E-state index contributed by atoms with van der Waals surface area (Å²) in [6.07, 6.45) is -0.311. The second kappa shape index (κ2) is 6.99. The zero-order chi connectivity index (χ0) is 15.0. The number of fused-ring (bicyclic) bond motifs is 1. The molecule has 0 saturated carbocycles. The third kappa shape index (κ3) is 3.36. The number of aromatic hydroxyl groups is 2. The Bertz CT molecular complexity index is 694. The maximum absolute atomic E-state index is 12.2. The fraction of sp³-hybridized carbons (Fsp3) is 0.188. The minimum Gasteiger partial charge on any atom is -0.508 e. The first-order chi connectivity index (χ1) is 10.1. The van der Waals surface area contributed by atoms with Crippen LogP contribution in [0.2, 0.25) is 0 Å². The minimum absolute atomic E-state index is 0. The highest BCUT2D eigenvalue weighted by molar-refractivity contribution is 6.02. The molecule has 1 aliphatic rings. The van der Waals surface area contributed by atoms with Crippen LogP contribution in [0, 0.1) is 0 Å². The van der Waals surface area contributed by atoms with Gasteiger partial charge in [-0.3, -0.25) is 4.79 Å². The average molecular weight is 322 g/mol. The zero-order valence-corrected chi connectivity index (χ0v) is 12.4. The van der Waals surface area contributed by atoms with Crippen molar-refractivity contribution in [3.8, 4) is 23.0 Å². The molecule has 124 valence electrons. The number of carbonyl (C=O) groups is 1. The summed E-state index contributed by atoms with van der Waals surface area (Å²) in [5.74, 6) is 0.556. The molecule has 2 aromatic rings. The predicted molar refractivity (Wildman–Crippen MR) is 82.3 cm³/mol. The lowest BCUT2D eigenvalue weighted by atomic mass is 9.95. The molecule has 0 spiro atoms. The lowest BCUT2D eigenvalue weighted by molar-refractivity contribution is 0.0844. The number of ketones is 1. The summed E-state index contributed by atoms with van der Waals surface area (Å²) in [6.45, 7) is 0. The fourth-order valence-electron chi connectivity index (χ4n) is 2.41. The van der Waals surface area contributed by atoms with Gasteiger partial charge in [-0.25, -0.2) is 0 Å². The van der Waals surface area contributed by atoms with Crippen molar-refractivity contribution >= 4 is 5.78 Å². The van der Waals surface area contributed by atoms with E-state index in [1.807, 2.05) is 0 Å². The minimum atomic E-state index is -0.447. The predicted octanol–water partition coefficient (Wildman–Crippen LogP) is 1.16. The summed E-state index contributed by atoms with van der Waals surface area (Å²) in [4.78, 5) is 12.2. The molecule has 0 saturated heterocycles. The summed E-state index contributed by atoms with van der Waals surface area (Å²) >= 11 is 0. The van der Waals surface area contributed by atoms with Crippen molar-refractivity contribution in [2.45, 2.75) is 12.5 Å². The van der Waals surface area contributed by atoms with E-state index in [-0.39, 0.29) is 40.2 Å². The van der Waals surface area contributed by atoms with E-state index in [4.69, 9.17) is 9.47 Å². The van der Waals surface area contributed by atoms with Gasteiger partial charge >= 0.3 is 0 Å². The van der Waals surface area contributed by atoms with Gasteiger partial charge in [0, 0.05) is 12.1 Å². The third-order valence-electron chi connectivity index (χ3n) is 3.47. The SMILES string of the molecule is COc1cc(O)c2c(c1)O[C@H](c1ccc(O)cc1)CC2=O.O.O. The molecule has 1 atom stereocenters. The van der Waals surface area contributed by atoms with Crippen molar-refractivity contribution in [3.05, 3.63) is 47.5 Å². The Morgan fingerprint density at radius 2 is 1.78 bits per heavy atom. The average Bonchev–Trinajstić information content (AvgIpc) is 2.46. The Hall–Kier alpha value is -2.77. The number of hydrogen-bond acceptors (Lipinski definition) is 5. The van der Waals surface area contributed by atoms with E-state index >= 15 is 0 Å². The smallest absolute Gasteiger partial charge is 0.174 e. The van der Waals surface area contributed by atoms with E-state index in [1.165, 1.54) is 13.2 Å². The third-order valence-corrected chi connectivity index (χ3v) is 3.47. The molecule has 6 N–H and O–H groups in total. The molecule has 0 aromatic heterocycles. The number of ether oxygens (including phenoxy) is 2. The van der Waals surface area contributed by atoms with Gasteiger partial charge in [-0.1, -0.05) is 12.1 Å². The summed E-state index contributed by atoms with van der Waals surface area (Å²) in [5.41, 5.74) is 0.972. The number of phenolic OH excluding ortho intramolecular Hbond substituents is 2. The van der Waals surface area contributed by atoms with Crippen LogP contribution in [0.4, 0.5) is 0 Å². The first-order valence-electron chi connectivity index (χ1n) is 6.48. The number of Topliss-reactive ketones (excluding diaryl/α,β-unsaturated/α-hetero) is 1. The number of methoxy groups -OCH3 is 1. The van der Waals surface area contributed by atoms with Gasteiger partial charge in [-0.15, -0.1) is 0 Å². The first kappa shape index (κ1) is 18.3. The summed E-state index contributed by atoms with van der Waals surface area (Å²) in [6, 6.07) is 9.47. The molecular weight excluding hydrogens is 304 g/mol. The maximum atomic E-state index is 12.2. The second-order valence-electron chi connectivity index (χ2n) is 4.84. The Labute approximate surface area is 132 Å². The van der Waals surface area contributed by atoms with E-state index in [0.717, 1.165) is 5.56 Å². The van der Waals surface area contributed by atoms with Crippen LogP contribution in [0.15, 0.2) is 36.4 Å². The molecule has 3 rings (SSSR count). The topological polar surface area (TPSA) is 139 Å². The van der Waals surface area contributed by atoms with Crippen LogP contribution in [0.5, 0.6) is 23.0 Å². The first-order valence-corrected chi connectivity index (χ1v) is 6.48. The monoisotopic (exact) mass is 322 g/mol. The van der Waals surface area contributed by atoms with Crippen LogP contribution < -0.4 is 9.47 Å². The van der Waals surface area contributed by atoms with Gasteiger partial charge in [0.1, 0.15) is 34.7 Å². The van der Waals surface area contributed by atoms with Crippen LogP contribution >= 0.6 is 0 Å². The van der Waals surface area contributed by atoms with Crippen LogP contribution in [-0.4, -0.2) is 34.1 Å². The maximum Gasteiger partial charge on any atom is 0.174 e. The van der Waals surface area contributed by atoms with Gasteiger partial charge in [0.15, 0.2) is 5.78 Å². The highest BCUT2D eigenvalue weighted by Crippen LogP contribution is 2.41. The highest BCUT2D eigenvalue weighted by Gasteiger charge is 2.30. The number of phenols is 2. The van der Waals surface area contributed by atoms with Crippen molar-refractivity contribution in [2.24, 2.45) is 0 Å². The van der Waals surface area contributed by atoms with Gasteiger partial charge in [-0.05, 0) is 17.7 Å². The lowest BCUT2D eigenvalue weighted by Gasteiger charge is -2.26. The molecule has 7 heteroatoms. The molecule has 0 radical (unpaired) electrons. The molecule has 7 nitrogen and oxygen atoms in total. The fourth-order valence-corrected chi connectivity index (χ4v) is 2.41. The number of benzene rings is 2. The van der Waals surface area contributed by atoms with Crippen molar-refractivity contribution in [3.63, 3.8) is 0 Å². The van der Waals surface area contributed by atoms with Gasteiger partial charge in [-0.2, -0.15) is 0 Å². The molecule has 1 aliphatic heterocycles. The molecule has 0 aliphatic carbocycles. The summed E-state index contributed by atoms with van der Waals surface area (Å²) in [7, 11) is 1.48. The quantitative estimate of drug-likeness (QED) is 0.854. The highest BCUT2D eigenvalue weighted by atomic mass is 16.5. The van der Waals surface area contributed by atoms with Gasteiger partial charge < -0.3 is 30.6 Å². The Balaban J connectivity index is 0.00000132. The van der Waals surface area contributed by atoms with E-state index in [2.05, 4.69) is 0 Å². The van der Waals surface area contributed by atoms with Crippen molar-refractivity contribution in [1.82, 2.24) is 0 Å². The van der Waals surface area contributed by atoms with E-state index < -0.39 is 6.10 Å². The zero-order valence-electron chi connectivity index (χ0n) is 12.4. The summed E-state index contributed by atoms with van der Waals surface area (Å²) < 4.78 is 10.9. The Morgan fingerprint density at radius 1 is 1.13 bits per heavy atom. The summed E-state index contributed by atoms with van der Waals surface area (Å²) in [5, 5.41) is 19.2. The van der Waals surface area contributed by atoms with Crippen molar-refractivity contribution in [2.75, 3.05) is 7.11 Å². The molecule has 0 bridgehead atoms. The molecular formula is C16H18O7. The van der Waals surface area contributed by atoms with Crippen molar-refractivity contribution in [1.29, 1.82) is 0 Å². The van der Waals surface area contributed by atoms with Crippen LogP contribution in [-0.2, 0) is 0 Å². The Morgan fingerprint density at radius 3 is 2.39 bits per heavy atom. The van der Waals surface area contributed by atoms with Crippen molar-refractivity contribution < 1.29 is 35.4 Å². The normalized spacial score (nSPS) is 15.5. The molecule has 23 heavy (non-hydrogen) atoms. The molecule has 1 heterocycles. The Kier molecular flexibility index (Phi) is 5.56. The number of carbonyl (C=O) groups excluding carboxylic acids is 1. The van der Waals surface area contributed by atoms with E-state index in [9.17, 15) is 15.0 Å². The van der Waals surface area contributed by atoms with Gasteiger partial charge in [0.05, 0.1) is 13.5 Å². The largest absolute Gasteiger partial charge is 0.508 e. The molecule has 2 aromatic carbocycles. The number of rotatable bonds is 2. The lowest BCUT2D eigenvalue weighted by Crippen LogP contribution is -2.20. The standard InChI is InChI=1S/C16H14O5.2H2O/c1-20-11-6-12(18)16-13(19)8-14(21-15(16)7-11)9-2-4-10(17)5-3-9;;/h2-7,14,17-18H,8H2,1H3;2*1H2/t14-;;/m0../s1. The second-order valence-corrected chi connectivity index (χ2v) is 4.84. The molecule has 0 amide bonds. The number of hydrogen-bond donors (Lipinski definition) is 2. The molecule has 0 unspecified atom stereocenters. The van der Waals surface area contributed by atoms with E-state index in [1.54, 1.807) is 30.3 Å². The van der Waals surface area contributed by atoms with Gasteiger partial charge in [0.2, 0.25) is 0 Å².